The van der Waals surface area contributed by atoms with Gasteiger partial charge in [-0.3, -0.25) is 25.1 Å². The van der Waals surface area contributed by atoms with Gasteiger partial charge in [-0.2, -0.15) is 0 Å². The molecule has 0 spiro atoms. The number of carbonyl (C=O) groups excluding carboxylic acids is 2. The molecule has 2 aromatic carbocycles. The Labute approximate surface area is 142 Å². The van der Waals surface area contributed by atoms with Crippen molar-refractivity contribution in [1.29, 1.82) is 0 Å². The maximum absolute atomic E-state index is 12.5. The van der Waals surface area contributed by atoms with Gasteiger partial charge in [-0.25, -0.2) is 5.01 Å². The largest absolute Gasteiger partial charge is 0.490 e. The Balaban J connectivity index is 1.96. The Hall–Kier alpha value is -3.68. The zero-order chi connectivity index (χ0) is 18.0. The first-order valence-electron chi connectivity index (χ1n) is 7.26. The van der Waals surface area contributed by atoms with E-state index >= 15 is 0 Å². The van der Waals surface area contributed by atoms with Crippen molar-refractivity contribution < 1.29 is 19.2 Å². The van der Waals surface area contributed by atoms with Crippen LogP contribution in [0.5, 0.6) is 5.75 Å². The molecule has 0 atom stereocenters. The standard InChI is InChI=1S/C17H13N3O5/c1-25-15-8-7-11(10-14(15)20(23)24)9-13-16(21)18-19(17(13)22)12-5-3-2-4-6-12/h2-10H,1H3,(H,18,21)/b13-9-. The van der Waals surface area contributed by atoms with Gasteiger partial charge in [0.2, 0.25) is 0 Å². The Kier molecular flexibility index (Phi) is 4.17. The van der Waals surface area contributed by atoms with Crippen LogP contribution in [0.1, 0.15) is 5.56 Å². The summed E-state index contributed by atoms with van der Waals surface area (Å²) in [6.07, 6.45) is 1.31. The first kappa shape index (κ1) is 16.2. The lowest BCUT2D eigenvalue weighted by atomic mass is 10.1. The van der Waals surface area contributed by atoms with Crippen molar-refractivity contribution in [2.75, 3.05) is 12.1 Å². The molecule has 0 saturated carbocycles. The summed E-state index contributed by atoms with van der Waals surface area (Å²) < 4.78 is 4.93. The molecule has 1 heterocycles. The molecule has 8 nitrogen and oxygen atoms in total. The van der Waals surface area contributed by atoms with Crippen molar-refractivity contribution in [3.63, 3.8) is 0 Å². The number of ether oxygens (including phenoxy) is 1. The molecule has 0 radical (unpaired) electrons. The molecule has 1 aliphatic rings. The van der Waals surface area contributed by atoms with Crippen molar-refractivity contribution in [3.05, 3.63) is 69.8 Å². The number of rotatable bonds is 4. The molecule has 1 fully saturated rings. The van der Waals surface area contributed by atoms with Gasteiger partial charge in [0.1, 0.15) is 5.57 Å². The number of hydrogen-bond acceptors (Lipinski definition) is 5. The normalized spacial score (nSPS) is 15.4. The number of hydrazine groups is 1. The molecule has 1 aliphatic heterocycles. The number of para-hydroxylation sites is 1. The number of nitrogens with zero attached hydrogens (tertiary/aromatic N) is 2. The van der Waals surface area contributed by atoms with E-state index in [2.05, 4.69) is 5.43 Å². The monoisotopic (exact) mass is 339 g/mol. The van der Waals surface area contributed by atoms with Crippen LogP contribution >= 0.6 is 0 Å². The van der Waals surface area contributed by atoms with Crippen molar-refractivity contribution in [2.45, 2.75) is 0 Å². The average molecular weight is 339 g/mol. The molecule has 1 N–H and O–H groups in total. The van der Waals surface area contributed by atoms with E-state index in [1.165, 1.54) is 31.4 Å². The summed E-state index contributed by atoms with van der Waals surface area (Å²) in [6.45, 7) is 0. The fourth-order valence-corrected chi connectivity index (χ4v) is 2.42. The van der Waals surface area contributed by atoms with E-state index in [0.717, 1.165) is 5.01 Å². The third-order valence-electron chi connectivity index (χ3n) is 3.62. The Morgan fingerprint density at radius 1 is 1.16 bits per heavy atom. The highest BCUT2D eigenvalue weighted by molar-refractivity contribution is 6.31. The third-order valence-corrected chi connectivity index (χ3v) is 3.62. The molecular formula is C17H13N3O5. The Morgan fingerprint density at radius 3 is 2.52 bits per heavy atom. The predicted molar refractivity (Wildman–Crippen MR) is 89.7 cm³/mol. The number of nitro groups is 1. The average Bonchev–Trinajstić information content (AvgIpc) is 2.90. The maximum Gasteiger partial charge on any atom is 0.311 e. The van der Waals surface area contributed by atoms with E-state index in [4.69, 9.17) is 4.74 Å². The molecule has 0 aliphatic carbocycles. The zero-order valence-electron chi connectivity index (χ0n) is 13.1. The van der Waals surface area contributed by atoms with Crippen LogP contribution in [0, 0.1) is 10.1 Å². The topological polar surface area (TPSA) is 102 Å². The van der Waals surface area contributed by atoms with Crippen LogP contribution in [-0.4, -0.2) is 23.8 Å². The summed E-state index contributed by atoms with van der Waals surface area (Å²) in [5.74, 6) is -1.01. The van der Waals surface area contributed by atoms with Crippen LogP contribution < -0.4 is 15.2 Å². The summed E-state index contributed by atoms with van der Waals surface area (Å²) >= 11 is 0. The number of amides is 2. The number of benzene rings is 2. The number of hydrogen-bond donors (Lipinski definition) is 1. The molecule has 0 aromatic heterocycles. The molecule has 2 amide bonds. The van der Waals surface area contributed by atoms with Gasteiger partial charge in [-0.1, -0.05) is 24.3 Å². The fourth-order valence-electron chi connectivity index (χ4n) is 2.42. The van der Waals surface area contributed by atoms with Crippen molar-refractivity contribution >= 4 is 29.3 Å². The van der Waals surface area contributed by atoms with Gasteiger partial charge in [0.25, 0.3) is 11.8 Å². The van der Waals surface area contributed by atoms with Crippen LogP contribution in [0.2, 0.25) is 0 Å². The van der Waals surface area contributed by atoms with Gasteiger partial charge in [0.05, 0.1) is 17.7 Å². The van der Waals surface area contributed by atoms with E-state index in [0.29, 0.717) is 11.3 Å². The smallest absolute Gasteiger partial charge is 0.311 e. The summed E-state index contributed by atoms with van der Waals surface area (Å²) in [6, 6.07) is 12.8. The van der Waals surface area contributed by atoms with Gasteiger partial charge in [-0.05, 0) is 29.8 Å². The van der Waals surface area contributed by atoms with Gasteiger partial charge < -0.3 is 4.74 Å². The highest BCUT2D eigenvalue weighted by Gasteiger charge is 2.34. The van der Waals surface area contributed by atoms with Gasteiger partial charge >= 0.3 is 5.69 Å². The first-order chi connectivity index (χ1) is 12.0. The van der Waals surface area contributed by atoms with Crippen molar-refractivity contribution in [3.8, 4) is 5.75 Å². The molecule has 0 bridgehead atoms. The SMILES string of the molecule is COc1ccc(/C=C2/C(=O)NN(c3ccccc3)C2=O)cc1[N+](=O)[O-]. The lowest BCUT2D eigenvalue weighted by Gasteiger charge is -2.13. The number of anilines is 1. The van der Waals surface area contributed by atoms with E-state index < -0.39 is 16.7 Å². The molecule has 126 valence electrons. The molecule has 1 saturated heterocycles. The van der Waals surface area contributed by atoms with Crippen molar-refractivity contribution in [1.82, 2.24) is 5.43 Å². The molecule has 0 unspecified atom stereocenters. The fraction of sp³-hybridized carbons (Fsp3) is 0.0588. The number of nitro benzene ring substituents is 1. The summed E-state index contributed by atoms with van der Waals surface area (Å²) in [7, 11) is 1.33. The molecule has 8 heteroatoms. The minimum atomic E-state index is -0.590. The van der Waals surface area contributed by atoms with E-state index in [1.54, 1.807) is 30.3 Å². The summed E-state index contributed by atoms with van der Waals surface area (Å²) in [5, 5.41) is 12.2. The highest BCUT2D eigenvalue weighted by atomic mass is 16.6. The Morgan fingerprint density at radius 2 is 1.88 bits per heavy atom. The lowest BCUT2D eigenvalue weighted by Crippen LogP contribution is -2.35. The van der Waals surface area contributed by atoms with Crippen LogP contribution in [0.4, 0.5) is 11.4 Å². The number of carbonyl (C=O) groups is 2. The molecule has 2 aromatic rings. The Bertz CT molecular complexity index is 892. The molecule has 3 rings (SSSR count). The second kappa shape index (κ2) is 6.44. The van der Waals surface area contributed by atoms with Crippen molar-refractivity contribution in [2.24, 2.45) is 0 Å². The van der Waals surface area contributed by atoms with E-state index in [9.17, 15) is 19.7 Å². The molecular weight excluding hydrogens is 326 g/mol. The second-order valence-electron chi connectivity index (χ2n) is 5.16. The van der Waals surface area contributed by atoms with E-state index in [-0.39, 0.29) is 17.0 Å². The maximum atomic E-state index is 12.5. The van der Waals surface area contributed by atoms with Gasteiger partial charge in [-0.15, -0.1) is 0 Å². The quantitative estimate of drug-likeness (QED) is 0.398. The number of nitrogens with one attached hydrogen (secondary N) is 1. The van der Waals surface area contributed by atoms with Gasteiger partial charge in [0.15, 0.2) is 5.75 Å². The summed E-state index contributed by atoms with van der Waals surface area (Å²) in [5.41, 5.74) is 2.98. The zero-order valence-corrected chi connectivity index (χ0v) is 13.1. The third kappa shape index (κ3) is 3.05. The van der Waals surface area contributed by atoms with Gasteiger partial charge in [0, 0.05) is 6.07 Å². The van der Waals surface area contributed by atoms with Crippen LogP contribution in [0.25, 0.3) is 6.08 Å². The molecule has 25 heavy (non-hydrogen) atoms. The number of methoxy groups -OCH3 is 1. The van der Waals surface area contributed by atoms with Crippen LogP contribution in [0.15, 0.2) is 54.1 Å². The minimum Gasteiger partial charge on any atom is -0.490 e. The highest BCUT2D eigenvalue weighted by Crippen LogP contribution is 2.29. The lowest BCUT2D eigenvalue weighted by molar-refractivity contribution is -0.385. The minimum absolute atomic E-state index is 0.0975. The first-order valence-corrected chi connectivity index (χ1v) is 7.26. The van der Waals surface area contributed by atoms with Crippen LogP contribution in [-0.2, 0) is 9.59 Å². The van der Waals surface area contributed by atoms with Crippen LogP contribution in [0.3, 0.4) is 0 Å². The predicted octanol–water partition coefficient (Wildman–Crippen LogP) is 2.06. The second-order valence-corrected chi connectivity index (χ2v) is 5.16. The van der Waals surface area contributed by atoms with E-state index in [1.807, 2.05) is 0 Å². The summed E-state index contributed by atoms with van der Waals surface area (Å²) in [4.78, 5) is 35.1.